The van der Waals surface area contributed by atoms with Gasteiger partial charge in [-0.3, -0.25) is 14.2 Å². The molecule has 8 nitrogen and oxygen atoms in total. The van der Waals surface area contributed by atoms with Crippen molar-refractivity contribution < 1.29 is 9.53 Å². The van der Waals surface area contributed by atoms with Crippen molar-refractivity contribution in [2.45, 2.75) is 13.5 Å². The van der Waals surface area contributed by atoms with Gasteiger partial charge in [0.25, 0.3) is 11.5 Å². The highest BCUT2D eigenvalue weighted by molar-refractivity contribution is 7.11. The minimum absolute atomic E-state index is 0.0569. The summed E-state index contributed by atoms with van der Waals surface area (Å²) in [5.41, 5.74) is 4.14. The number of hydrogen-bond donors (Lipinski definition) is 0. The quantitative estimate of drug-likeness (QED) is 0.634. The molecule has 0 atom stereocenters. The molecule has 1 aromatic carbocycles. The average Bonchev–Trinajstić information content (AvgIpc) is 3.18. The second-order valence-corrected chi connectivity index (χ2v) is 7.84. The van der Waals surface area contributed by atoms with Gasteiger partial charge in [0.2, 0.25) is 0 Å². The number of fused-ring (bicyclic) bond motifs is 1. The zero-order valence-corrected chi connectivity index (χ0v) is 17.3. The molecule has 1 aliphatic rings. The van der Waals surface area contributed by atoms with Gasteiger partial charge in [0, 0.05) is 39.0 Å². The maximum atomic E-state index is 12.7. The fraction of sp³-hybridized carbons (Fsp3) is 0.400. The first-order valence-corrected chi connectivity index (χ1v) is 10.4. The Balaban J connectivity index is 1.48. The second kappa shape index (κ2) is 8.30. The molecule has 1 fully saturated rings. The van der Waals surface area contributed by atoms with Crippen LogP contribution in [0.3, 0.4) is 0 Å². The number of nitrogens with zero attached hydrogens (tertiary/aromatic N) is 5. The number of carbonyl (C=O) groups is 1. The van der Waals surface area contributed by atoms with Crippen molar-refractivity contribution in [3.05, 3.63) is 51.0 Å². The number of piperazine rings is 1. The molecule has 0 unspecified atom stereocenters. The Bertz CT molecular complexity index is 1090. The molecule has 1 saturated heterocycles. The van der Waals surface area contributed by atoms with Crippen LogP contribution in [-0.4, -0.2) is 65.2 Å². The van der Waals surface area contributed by atoms with Gasteiger partial charge in [-0.25, -0.2) is 9.97 Å². The summed E-state index contributed by atoms with van der Waals surface area (Å²) in [5, 5.41) is 0.599. The molecular formula is C20H23N5O3S. The van der Waals surface area contributed by atoms with E-state index < -0.39 is 0 Å². The molecular weight excluding hydrogens is 390 g/mol. The summed E-state index contributed by atoms with van der Waals surface area (Å²) in [7, 11) is 1.61. The Labute approximate surface area is 172 Å². The van der Waals surface area contributed by atoms with Gasteiger partial charge in [-0.05, 0) is 25.1 Å². The number of methoxy groups -OCH3 is 1. The van der Waals surface area contributed by atoms with Gasteiger partial charge in [0.15, 0.2) is 0 Å². The molecule has 1 aliphatic heterocycles. The monoisotopic (exact) mass is 413 g/mol. The fourth-order valence-electron chi connectivity index (χ4n) is 3.51. The second-order valence-electron chi connectivity index (χ2n) is 6.98. The molecule has 0 N–H and O–H groups in total. The van der Waals surface area contributed by atoms with Crippen LogP contribution in [0.25, 0.3) is 10.9 Å². The van der Waals surface area contributed by atoms with Crippen molar-refractivity contribution in [1.82, 2.24) is 19.4 Å². The number of benzene rings is 1. The highest BCUT2D eigenvalue weighted by Crippen LogP contribution is 2.22. The number of hydrogen-bond acceptors (Lipinski definition) is 7. The van der Waals surface area contributed by atoms with Crippen LogP contribution >= 0.6 is 11.3 Å². The van der Waals surface area contributed by atoms with Gasteiger partial charge < -0.3 is 14.5 Å². The van der Waals surface area contributed by atoms with Crippen molar-refractivity contribution in [1.29, 1.82) is 0 Å². The predicted octanol–water partition coefficient (Wildman–Crippen LogP) is 1.77. The van der Waals surface area contributed by atoms with E-state index in [-0.39, 0.29) is 11.5 Å². The molecule has 0 aliphatic carbocycles. The Morgan fingerprint density at radius 2 is 2.00 bits per heavy atom. The molecule has 0 radical (unpaired) electrons. The molecule has 2 aromatic heterocycles. The molecule has 0 bridgehead atoms. The Kier molecular flexibility index (Phi) is 5.59. The number of ether oxygens (including phenoxy) is 1. The van der Waals surface area contributed by atoms with E-state index in [1.54, 1.807) is 23.5 Å². The van der Waals surface area contributed by atoms with E-state index in [4.69, 9.17) is 4.74 Å². The van der Waals surface area contributed by atoms with E-state index in [1.165, 1.54) is 11.3 Å². The number of carbonyl (C=O) groups excluding carboxylic acids is 1. The summed E-state index contributed by atoms with van der Waals surface area (Å²) in [6.45, 7) is 5.59. The van der Waals surface area contributed by atoms with Crippen molar-refractivity contribution in [3.8, 4) is 0 Å². The minimum atomic E-state index is -0.0612. The molecule has 9 heteroatoms. The SMILES string of the molecule is COCCn1cnc2cc(N3CCN(C(=O)c4scnc4C)CC3)ccc2c1=O. The minimum Gasteiger partial charge on any atom is -0.383 e. The van der Waals surface area contributed by atoms with Crippen molar-refractivity contribution in [2.24, 2.45) is 0 Å². The number of rotatable bonds is 5. The van der Waals surface area contributed by atoms with E-state index in [0.717, 1.165) is 29.3 Å². The largest absolute Gasteiger partial charge is 0.383 e. The van der Waals surface area contributed by atoms with Gasteiger partial charge in [-0.15, -0.1) is 11.3 Å². The highest BCUT2D eigenvalue weighted by atomic mass is 32.1. The fourth-order valence-corrected chi connectivity index (χ4v) is 4.28. The zero-order chi connectivity index (χ0) is 20.4. The first-order chi connectivity index (χ1) is 14.1. The van der Waals surface area contributed by atoms with Crippen LogP contribution in [0.4, 0.5) is 5.69 Å². The van der Waals surface area contributed by atoms with Gasteiger partial charge in [0.05, 0.1) is 41.6 Å². The maximum Gasteiger partial charge on any atom is 0.265 e. The van der Waals surface area contributed by atoms with Crippen molar-refractivity contribution in [3.63, 3.8) is 0 Å². The first-order valence-electron chi connectivity index (χ1n) is 9.51. The zero-order valence-electron chi connectivity index (χ0n) is 16.5. The van der Waals surface area contributed by atoms with Crippen LogP contribution in [0.15, 0.2) is 34.8 Å². The molecule has 152 valence electrons. The lowest BCUT2D eigenvalue weighted by molar-refractivity contribution is 0.0750. The first kappa shape index (κ1) is 19.5. The maximum absolute atomic E-state index is 12.7. The average molecular weight is 414 g/mol. The van der Waals surface area contributed by atoms with Gasteiger partial charge in [-0.2, -0.15) is 0 Å². The number of aryl methyl sites for hydroxylation is 1. The topological polar surface area (TPSA) is 80.6 Å². The van der Waals surface area contributed by atoms with Gasteiger partial charge in [-0.1, -0.05) is 0 Å². The summed E-state index contributed by atoms with van der Waals surface area (Å²) in [4.78, 5) is 38.7. The van der Waals surface area contributed by atoms with Crippen molar-refractivity contribution in [2.75, 3.05) is 44.8 Å². The smallest absolute Gasteiger partial charge is 0.265 e. The highest BCUT2D eigenvalue weighted by Gasteiger charge is 2.24. The molecule has 0 saturated carbocycles. The van der Waals surface area contributed by atoms with Crippen LogP contribution in [0, 0.1) is 6.92 Å². The lowest BCUT2D eigenvalue weighted by Gasteiger charge is -2.36. The van der Waals surface area contributed by atoms with E-state index in [0.29, 0.717) is 37.1 Å². The molecule has 29 heavy (non-hydrogen) atoms. The van der Waals surface area contributed by atoms with Crippen LogP contribution in [-0.2, 0) is 11.3 Å². The molecule has 1 amide bonds. The van der Waals surface area contributed by atoms with Gasteiger partial charge >= 0.3 is 0 Å². The van der Waals surface area contributed by atoms with E-state index in [2.05, 4.69) is 14.9 Å². The molecule has 4 rings (SSSR count). The predicted molar refractivity (Wildman–Crippen MR) is 113 cm³/mol. The third-order valence-corrected chi connectivity index (χ3v) is 6.13. The van der Waals surface area contributed by atoms with E-state index >= 15 is 0 Å². The number of amides is 1. The summed E-state index contributed by atoms with van der Waals surface area (Å²) in [6, 6.07) is 5.74. The van der Waals surface area contributed by atoms with E-state index in [9.17, 15) is 9.59 Å². The lowest BCUT2D eigenvalue weighted by atomic mass is 10.2. The summed E-state index contributed by atoms with van der Waals surface area (Å²) in [5.74, 6) is 0.0569. The summed E-state index contributed by atoms with van der Waals surface area (Å²) in [6.07, 6.45) is 1.57. The summed E-state index contributed by atoms with van der Waals surface area (Å²) >= 11 is 1.39. The Hall–Kier alpha value is -2.78. The number of anilines is 1. The molecule has 0 spiro atoms. The van der Waals surface area contributed by atoms with Crippen LogP contribution < -0.4 is 10.5 Å². The summed E-state index contributed by atoms with van der Waals surface area (Å²) < 4.78 is 6.61. The van der Waals surface area contributed by atoms with Crippen LogP contribution in [0.2, 0.25) is 0 Å². The lowest BCUT2D eigenvalue weighted by Crippen LogP contribution is -2.48. The standard InChI is InChI=1S/C20H23N5O3S/c1-14-18(29-13-22-14)20(27)24-7-5-23(6-8-24)15-3-4-16-17(11-15)21-12-25(19(16)26)9-10-28-2/h3-4,11-13H,5-10H2,1-2H3. The number of thiazole rings is 1. The molecule has 3 heterocycles. The Morgan fingerprint density at radius 1 is 1.21 bits per heavy atom. The molecule has 3 aromatic rings. The van der Waals surface area contributed by atoms with E-state index in [1.807, 2.05) is 30.0 Å². The third kappa shape index (κ3) is 3.88. The van der Waals surface area contributed by atoms with Crippen LogP contribution in [0.5, 0.6) is 0 Å². The van der Waals surface area contributed by atoms with Crippen LogP contribution in [0.1, 0.15) is 15.4 Å². The Morgan fingerprint density at radius 3 is 2.69 bits per heavy atom. The van der Waals surface area contributed by atoms with Crippen molar-refractivity contribution >= 4 is 33.8 Å². The number of aromatic nitrogens is 3. The third-order valence-electron chi connectivity index (χ3n) is 5.22. The van der Waals surface area contributed by atoms with Gasteiger partial charge in [0.1, 0.15) is 4.88 Å². The normalized spacial score (nSPS) is 14.6.